The van der Waals surface area contributed by atoms with Gasteiger partial charge in [0.1, 0.15) is 61.6 Å². The molecule has 3 unspecified atom stereocenters. The van der Waals surface area contributed by atoms with Crippen LogP contribution in [-0.4, -0.2) is 326 Å². The second-order valence-corrected chi connectivity index (χ2v) is 42.0. The molecule has 39 heteroatoms. The van der Waals surface area contributed by atoms with E-state index in [1.807, 2.05) is 45.2 Å². The maximum atomic E-state index is 14.9. The molecule has 3 aromatic carbocycles. The van der Waals surface area contributed by atoms with Gasteiger partial charge in [-0.2, -0.15) is 5.10 Å². The lowest BCUT2D eigenvalue weighted by Crippen LogP contribution is -2.60. The summed E-state index contributed by atoms with van der Waals surface area (Å²) in [6, 6.07) is 14.7. The Morgan fingerprint density at radius 1 is 0.541 bits per heavy atom. The number of amides is 11. The fraction of sp³-hybridized carbons (Fsp3) is 0.697. The number of hydrogen-bond donors (Lipinski definition) is 13. The van der Waals surface area contributed by atoms with Crippen molar-refractivity contribution in [3.8, 4) is 17.6 Å². The van der Waals surface area contributed by atoms with Gasteiger partial charge in [0.05, 0.1) is 170 Å². The number of aliphatic hydroxyl groups excluding tert-OH is 1. The molecule has 0 saturated heterocycles. The van der Waals surface area contributed by atoms with Crippen LogP contribution in [0.5, 0.6) is 5.75 Å². The number of phenolic OH excluding ortho intramolecular Hbond substituents is 1. The molecule has 3 aromatic rings. The average molecular weight is 2070 g/mol. The van der Waals surface area contributed by atoms with E-state index in [1.54, 1.807) is 50.2 Å². The van der Waals surface area contributed by atoms with Crippen molar-refractivity contribution in [3.05, 3.63) is 88.5 Å². The monoisotopic (exact) mass is 2070 g/mol. The van der Waals surface area contributed by atoms with Gasteiger partial charge in [-0.15, -0.1) is 5.92 Å². The number of aryl methyl sites for hydroxylation is 2. The van der Waals surface area contributed by atoms with Crippen molar-refractivity contribution in [1.29, 1.82) is 0 Å². The van der Waals surface area contributed by atoms with Crippen LogP contribution >= 0.6 is 0 Å². The first-order valence-electron chi connectivity index (χ1n) is 53.5. The van der Waals surface area contributed by atoms with Crippen molar-refractivity contribution < 1.29 is 120 Å². The van der Waals surface area contributed by atoms with E-state index in [-0.39, 0.29) is 156 Å². The van der Waals surface area contributed by atoms with Crippen molar-refractivity contribution in [1.82, 2.24) is 42.1 Å². The molecule has 9 rings (SSSR count). The number of quaternary nitrogens is 1. The van der Waals surface area contributed by atoms with Crippen molar-refractivity contribution >= 4 is 88.0 Å². The highest BCUT2D eigenvalue weighted by Crippen LogP contribution is 2.60. The Balaban J connectivity index is 0.680. The molecule has 0 bridgehead atoms. The summed E-state index contributed by atoms with van der Waals surface area (Å²) in [7, 11) is 8.23. The van der Waals surface area contributed by atoms with Gasteiger partial charge in [-0.1, -0.05) is 91.0 Å². The zero-order chi connectivity index (χ0) is 107. The van der Waals surface area contributed by atoms with Crippen LogP contribution in [0.3, 0.4) is 0 Å². The van der Waals surface area contributed by atoms with Crippen LogP contribution in [0.4, 0.5) is 16.2 Å². The molecule has 0 aliphatic heterocycles. The number of nitrogens with two attached hydrogens (primary N) is 2. The van der Waals surface area contributed by atoms with Crippen LogP contribution in [0.15, 0.2) is 70.8 Å². The number of carbonyl (C=O) groups excluding carboxylic acids is 11. The van der Waals surface area contributed by atoms with Crippen LogP contribution in [0.25, 0.3) is 0 Å². The molecular weight excluding hydrogens is 1900 g/mol. The van der Waals surface area contributed by atoms with Crippen molar-refractivity contribution in [3.63, 3.8) is 0 Å². The minimum Gasteiger partial charge on any atom is -0.508 e. The number of phenols is 1. The van der Waals surface area contributed by atoms with Crippen molar-refractivity contribution in [2.45, 2.75) is 269 Å². The van der Waals surface area contributed by atoms with E-state index in [0.717, 1.165) is 111 Å². The van der Waals surface area contributed by atoms with Gasteiger partial charge in [0.15, 0.2) is 0 Å². The van der Waals surface area contributed by atoms with Gasteiger partial charge in [0.2, 0.25) is 59.1 Å². The molecule has 11 amide bonds. The number of nitrogens with one attached hydrogen (secondary N) is 9. The van der Waals surface area contributed by atoms with Gasteiger partial charge >= 0.3 is 6.09 Å². The Bertz CT molecular complexity index is 4860. The summed E-state index contributed by atoms with van der Waals surface area (Å²) in [6.45, 7) is 18.1. The van der Waals surface area contributed by atoms with Gasteiger partial charge in [0.25, 0.3) is 0 Å². The highest BCUT2D eigenvalue weighted by molar-refractivity contribution is 6.44. The molecule has 0 spiro atoms. The second kappa shape index (κ2) is 63.2. The smallest absolute Gasteiger partial charge is 0.408 e. The number of hydrazone groups is 1. The summed E-state index contributed by atoms with van der Waals surface area (Å²) < 4.78 is 63.5. The average Bonchev–Trinajstić information content (AvgIpc) is 0.717. The first kappa shape index (κ1) is 121. The number of anilines is 2. The van der Waals surface area contributed by atoms with Crippen LogP contribution < -0.4 is 59.4 Å². The fourth-order valence-electron chi connectivity index (χ4n) is 21.1. The maximum Gasteiger partial charge on any atom is 0.408 e. The Kier molecular flexibility index (Phi) is 51.8. The number of aliphatic hydroxyl groups is 1. The standard InChI is InChI=1S/C109H169N15O24/c1-76(2)98(100(110)132)120-101(133)87(118-95(129)42-54-139-58-62-143-66-68-145-64-60-141-56-50-115-96(130)74-146-84-24-14-12-11-13-15-25-84)26-16-18-47-113-97(131)75-147-90-27-20-23-82(70-88(99(90)122-111)112-49-55-140-59-63-144-67-65-142-61-57-138-53-41-93(127)114-48-52-124(8,9)10)123(7)51-19-17-28-94(128)116-80-35-29-77(30-36-80)73-148-105(137)119-89(72-125)102(134)117-81-37-31-78-33-39-91-106(3,85(78)69-81)43-21-45-108(91,5)103(135)121-104(136)109(6)46-22-44-107(4)86-71-83(126)38-32-79(86)34-40-92(107)109/h29-32,35-38,69,71,76,82,84,87,89-92,98,125H,11-14,16-24,26-28,33-34,39-68,70,72-75H2,1-10H3,(H13-,110,111,112,113,114,115,116,117,118,119,120,121,126,127,128,129,130,131,132,133,134,135,136,137)/p+1/t82?,84?,87-,89+,90?,91-,92-,98+,106-,107-,108+,109+/m1/s1. The molecule has 148 heavy (non-hydrogen) atoms. The number of hydrogen-bond acceptors (Lipinski definition) is 28. The lowest BCUT2D eigenvalue weighted by Gasteiger charge is -2.56. The van der Waals surface area contributed by atoms with Crippen molar-refractivity contribution in [2.24, 2.45) is 50.3 Å². The number of unbranched alkanes of at least 4 members (excludes halogenated alkanes) is 2. The highest BCUT2D eigenvalue weighted by atomic mass is 16.6. The lowest BCUT2D eigenvalue weighted by atomic mass is 9.49. The first-order valence-corrected chi connectivity index (χ1v) is 53.5. The Morgan fingerprint density at radius 2 is 1.11 bits per heavy atom. The van der Waals surface area contributed by atoms with Gasteiger partial charge < -0.3 is 126 Å². The summed E-state index contributed by atoms with van der Waals surface area (Å²) in [5, 5.41) is 50.7. The van der Waals surface area contributed by atoms with Crippen molar-refractivity contribution in [2.75, 3.05) is 204 Å². The molecule has 15 N–H and O–H groups in total. The number of rotatable bonds is 64. The number of carbonyl (C=O) groups is 11. The summed E-state index contributed by atoms with van der Waals surface area (Å²) >= 11 is 0. The molecule has 0 radical (unpaired) electrons. The third-order valence-corrected chi connectivity index (χ3v) is 29.5. The zero-order valence-corrected chi connectivity index (χ0v) is 89.3. The molecule has 0 heterocycles. The predicted octanol–water partition coefficient (Wildman–Crippen LogP) is 7.71. The summed E-state index contributed by atoms with van der Waals surface area (Å²) in [5.41, 5.74) is 10.2. The number of likely N-dealkylation sites (N-methyl/N-ethyl adjacent to an activating group) is 1. The Hall–Kier alpha value is -10.2. The molecule has 6 aliphatic rings. The van der Waals surface area contributed by atoms with Crippen LogP contribution in [0.2, 0.25) is 0 Å². The van der Waals surface area contributed by atoms with E-state index < -0.39 is 82.7 Å². The molecule has 3 fully saturated rings. The minimum atomic E-state index is -1.37. The Labute approximate surface area is 873 Å². The number of imide groups is 1. The lowest BCUT2D eigenvalue weighted by molar-refractivity contribution is -0.869. The molecular formula is C109H170N15O24+. The molecule has 12 atom stereocenters. The number of nitrogens with zero attached hydrogens (tertiary/aromatic N) is 4. The fourth-order valence-corrected chi connectivity index (χ4v) is 21.1. The second-order valence-electron chi connectivity index (χ2n) is 42.0. The third kappa shape index (κ3) is 39.9. The normalized spacial score (nSPS) is 22.4. The van der Waals surface area contributed by atoms with Crippen LogP contribution in [-0.2, 0) is 130 Å². The number of ether oxygens (including phenoxy) is 11. The molecule has 39 nitrogen and oxygen atoms in total. The van der Waals surface area contributed by atoms with Crippen LogP contribution in [0, 0.1) is 40.4 Å². The van der Waals surface area contributed by atoms with Gasteiger partial charge in [-0.3, -0.25) is 58.3 Å². The van der Waals surface area contributed by atoms with Crippen LogP contribution in [0.1, 0.15) is 230 Å². The Morgan fingerprint density at radius 3 is 1.71 bits per heavy atom. The van der Waals surface area contributed by atoms with E-state index in [4.69, 9.17) is 68.7 Å². The largest absolute Gasteiger partial charge is 0.508 e. The molecule has 6 aliphatic carbocycles. The maximum absolute atomic E-state index is 14.9. The van der Waals surface area contributed by atoms with E-state index in [0.29, 0.717) is 191 Å². The van der Waals surface area contributed by atoms with E-state index >= 15 is 0 Å². The molecule has 824 valence electrons. The van der Waals surface area contributed by atoms with E-state index in [9.17, 15) is 63.0 Å². The van der Waals surface area contributed by atoms with Gasteiger partial charge in [-0.05, 0) is 228 Å². The summed E-state index contributed by atoms with van der Waals surface area (Å²) in [4.78, 5) is 155. The number of alkyl carbamates (subject to hydrolysis) is 1. The number of aromatic hydroxyl groups is 1. The minimum absolute atomic E-state index is 0.0181. The predicted molar refractivity (Wildman–Crippen MR) is 560 cm³/mol. The molecule has 3 saturated carbocycles. The quantitative estimate of drug-likeness (QED) is 0.00642. The summed E-state index contributed by atoms with van der Waals surface area (Å²) in [6.07, 6.45) is 15.7. The topological polar surface area (TPSA) is 518 Å². The zero-order valence-electron chi connectivity index (χ0n) is 89.3. The highest BCUT2D eigenvalue weighted by Gasteiger charge is 2.59. The molecule has 0 aromatic heterocycles. The SMILES string of the molecule is CC(C)[C@H](NC(=O)[C@@H](CCCCNC(=O)COC1CCCC(N(C)CCCCC(=O)Nc2ccc(COC(=O)N[C@@H](CO)C(=O)Nc3ccc4c(c3)[C@@]3(C)CCC[C@](C)(C(=O)NC(=O)[C@@]5(C)CCC[C@]6(C)c7cc(O)ccc7CC[C@@H]56)[C@@H]3CC4)cc2)CC(=NCCOCCOCCOCCOCCC(=O)NCC[N+](C)(C)C)C1=NN)NC(=O)CCOCCOCCOCCOCCNC(=O)COC1C#CCCCCC1)C(N)=O. The van der Waals surface area contributed by atoms with Gasteiger partial charge in [0, 0.05) is 62.6 Å². The summed E-state index contributed by atoms with van der Waals surface area (Å²) in [5.74, 6) is 8.39. The third-order valence-electron chi connectivity index (χ3n) is 29.5. The number of primary amides is 1. The van der Waals surface area contributed by atoms with E-state index in [2.05, 4.69) is 105 Å². The number of benzene rings is 3. The van der Waals surface area contributed by atoms with Gasteiger partial charge in [-0.25, -0.2) is 4.79 Å². The number of aliphatic imine (C=N–C) groups is 1. The van der Waals surface area contributed by atoms with E-state index in [1.165, 1.54) is 5.56 Å². The first-order chi connectivity index (χ1) is 71.0. The number of fused-ring (bicyclic) bond motifs is 6.